The van der Waals surface area contributed by atoms with Gasteiger partial charge in [-0.2, -0.15) is 0 Å². The number of hydrogen-bond acceptors (Lipinski definition) is 8. The molecule has 0 bridgehead atoms. The first-order valence-electron chi connectivity index (χ1n) is 12.4. The molecule has 3 N–H and O–H groups in total. The first-order chi connectivity index (χ1) is 17.0. The smallest absolute Gasteiger partial charge is 0.261 e. The van der Waals surface area contributed by atoms with Crippen molar-refractivity contribution in [3.8, 4) is 11.5 Å². The van der Waals surface area contributed by atoms with Crippen LogP contribution in [0.1, 0.15) is 80.0 Å². The van der Waals surface area contributed by atoms with E-state index in [2.05, 4.69) is 36.1 Å². The summed E-state index contributed by atoms with van der Waals surface area (Å²) in [4.78, 5) is 32.6. The lowest BCUT2D eigenvalue weighted by atomic mass is 9.97. The van der Waals surface area contributed by atoms with Gasteiger partial charge in [0.15, 0.2) is 11.5 Å². The van der Waals surface area contributed by atoms with E-state index in [0.29, 0.717) is 34.5 Å². The standard InChI is InChI=1S/C18H31N5O.C8H6O3/c1-4-6-9-14(5-2)20-17-15(11-19)18(24)22-16(21-17)13-8-7-10-23(3)12-13;9-4-6-1-2-7-8(3-6)11-5-10-7/h11,13-14,19H,4-10,12H2,1-3H3,(H2,20,21,22,24);1-4H,5H2. The van der Waals surface area contributed by atoms with Gasteiger partial charge in [-0.25, -0.2) is 4.98 Å². The lowest BCUT2D eigenvalue weighted by Gasteiger charge is -2.29. The van der Waals surface area contributed by atoms with Crippen LogP contribution in [0, 0.1) is 5.41 Å². The second kappa shape index (κ2) is 13.0. The van der Waals surface area contributed by atoms with Gasteiger partial charge >= 0.3 is 0 Å². The third-order valence-corrected chi connectivity index (χ3v) is 6.40. The van der Waals surface area contributed by atoms with Crippen molar-refractivity contribution in [2.24, 2.45) is 0 Å². The SMILES string of the molecule is CCCCC(CC)Nc1nc(C2CCCN(C)C2)[nH]c(=O)c1C=N.O=Cc1ccc2c(c1)OCO2. The third-order valence-electron chi connectivity index (χ3n) is 6.40. The van der Waals surface area contributed by atoms with Crippen LogP contribution in [0.15, 0.2) is 23.0 Å². The molecule has 0 aliphatic carbocycles. The summed E-state index contributed by atoms with van der Waals surface area (Å²) in [6.07, 6.45) is 8.39. The Morgan fingerprint density at radius 1 is 1.31 bits per heavy atom. The predicted molar refractivity (Wildman–Crippen MR) is 137 cm³/mol. The molecule has 4 rings (SSSR count). The number of unbranched alkanes of at least 4 members (excludes halogenated alkanes) is 1. The van der Waals surface area contributed by atoms with Crippen LogP contribution in [0.3, 0.4) is 0 Å². The van der Waals surface area contributed by atoms with E-state index in [4.69, 9.17) is 19.9 Å². The molecule has 9 heteroatoms. The number of hydrogen-bond donors (Lipinski definition) is 3. The summed E-state index contributed by atoms with van der Waals surface area (Å²) in [5.41, 5.74) is 0.725. The molecule has 2 unspecified atom stereocenters. The lowest BCUT2D eigenvalue weighted by molar-refractivity contribution is 0.112. The number of aldehydes is 1. The minimum Gasteiger partial charge on any atom is -0.454 e. The van der Waals surface area contributed by atoms with Gasteiger partial charge in [0.1, 0.15) is 17.9 Å². The molecule has 1 aromatic heterocycles. The number of rotatable bonds is 9. The van der Waals surface area contributed by atoms with Crippen molar-refractivity contribution < 1.29 is 14.3 Å². The Hall–Kier alpha value is -3.20. The van der Waals surface area contributed by atoms with Crippen molar-refractivity contribution >= 4 is 18.3 Å². The number of likely N-dealkylation sites (N-methyl/N-ethyl adjacent to an activating group) is 1. The normalized spacial score (nSPS) is 17.7. The Balaban J connectivity index is 0.000000256. The molecule has 2 aliphatic rings. The van der Waals surface area contributed by atoms with Gasteiger partial charge in [0.05, 0.1) is 5.56 Å². The number of piperidine rings is 1. The molecule has 1 saturated heterocycles. The molecule has 2 atom stereocenters. The largest absolute Gasteiger partial charge is 0.454 e. The number of likely N-dealkylation sites (tertiary alicyclic amines) is 1. The van der Waals surface area contributed by atoms with E-state index in [1.54, 1.807) is 18.2 Å². The maximum atomic E-state index is 12.4. The number of ether oxygens (including phenoxy) is 2. The summed E-state index contributed by atoms with van der Waals surface area (Å²) in [6, 6.07) is 5.38. The zero-order valence-electron chi connectivity index (χ0n) is 20.9. The zero-order chi connectivity index (χ0) is 25.2. The molecule has 35 heavy (non-hydrogen) atoms. The molecule has 0 amide bonds. The number of nitrogens with zero attached hydrogens (tertiary/aromatic N) is 2. The topological polar surface area (TPSA) is 120 Å². The van der Waals surface area contributed by atoms with Gasteiger partial charge in [-0.1, -0.05) is 26.7 Å². The summed E-state index contributed by atoms with van der Waals surface area (Å²) in [5, 5.41) is 11.0. The molecule has 0 spiro atoms. The highest BCUT2D eigenvalue weighted by atomic mass is 16.7. The molecule has 190 valence electrons. The number of carbonyl (C=O) groups is 1. The Bertz CT molecular complexity index is 1050. The van der Waals surface area contributed by atoms with Crippen molar-refractivity contribution in [2.45, 2.75) is 64.3 Å². The Morgan fingerprint density at radius 2 is 2.11 bits per heavy atom. The molecule has 2 aromatic rings. The van der Waals surface area contributed by atoms with Gasteiger partial charge in [0.25, 0.3) is 5.56 Å². The molecule has 3 heterocycles. The zero-order valence-corrected chi connectivity index (χ0v) is 20.9. The third kappa shape index (κ3) is 7.14. The molecule has 2 aliphatic heterocycles. The fourth-order valence-electron chi connectivity index (χ4n) is 4.34. The van der Waals surface area contributed by atoms with Gasteiger partial charge in [-0.15, -0.1) is 0 Å². The predicted octanol–water partition coefficient (Wildman–Crippen LogP) is 4.19. The van der Waals surface area contributed by atoms with Crippen LogP contribution in [0.2, 0.25) is 0 Å². The minimum atomic E-state index is -0.212. The second-order valence-corrected chi connectivity index (χ2v) is 9.08. The molecule has 0 saturated carbocycles. The van der Waals surface area contributed by atoms with Crippen molar-refractivity contribution in [1.82, 2.24) is 14.9 Å². The Labute approximate surface area is 206 Å². The number of benzene rings is 1. The maximum absolute atomic E-state index is 12.4. The van der Waals surface area contributed by atoms with Crippen molar-refractivity contribution in [2.75, 3.05) is 32.2 Å². The average Bonchev–Trinajstić information content (AvgIpc) is 3.34. The van der Waals surface area contributed by atoms with Crippen LogP contribution >= 0.6 is 0 Å². The monoisotopic (exact) mass is 483 g/mol. The Morgan fingerprint density at radius 3 is 2.80 bits per heavy atom. The molecular formula is C26H37N5O4. The van der Waals surface area contributed by atoms with E-state index in [1.165, 1.54) is 0 Å². The first-order valence-corrected chi connectivity index (χ1v) is 12.4. The molecule has 1 fully saturated rings. The van der Waals surface area contributed by atoms with E-state index in [-0.39, 0.29) is 18.3 Å². The van der Waals surface area contributed by atoms with Crippen LogP contribution in [0.5, 0.6) is 11.5 Å². The molecule has 0 radical (unpaired) electrons. The molecule has 9 nitrogen and oxygen atoms in total. The summed E-state index contributed by atoms with van der Waals surface area (Å²) in [6.45, 7) is 6.58. The van der Waals surface area contributed by atoms with Gasteiger partial charge in [-0.05, 0) is 57.5 Å². The van der Waals surface area contributed by atoms with Crippen molar-refractivity contribution in [1.29, 1.82) is 5.41 Å². The van der Waals surface area contributed by atoms with Crippen LogP contribution in [0.4, 0.5) is 5.82 Å². The number of H-pyrrole nitrogens is 1. The van der Waals surface area contributed by atoms with E-state index in [0.717, 1.165) is 69.9 Å². The maximum Gasteiger partial charge on any atom is 0.261 e. The number of carbonyl (C=O) groups excluding carboxylic acids is 1. The summed E-state index contributed by atoms with van der Waals surface area (Å²) in [5.74, 6) is 2.93. The number of fused-ring (bicyclic) bond motifs is 1. The van der Waals surface area contributed by atoms with Crippen LogP contribution in [-0.2, 0) is 0 Å². The fourth-order valence-corrected chi connectivity index (χ4v) is 4.34. The van der Waals surface area contributed by atoms with Gasteiger partial charge in [-0.3, -0.25) is 9.59 Å². The van der Waals surface area contributed by atoms with Crippen LogP contribution in [0.25, 0.3) is 0 Å². The van der Waals surface area contributed by atoms with Crippen molar-refractivity contribution in [3.05, 3.63) is 45.5 Å². The van der Waals surface area contributed by atoms with Crippen LogP contribution in [-0.4, -0.2) is 60.3 Å². The van der Waals surface area contributed by atoms with Gasteiger partial charge < -0.3 is 30.1 Å². The van der Waals surface area contributed by atoms with E-state index >= 15 is 0 Å². The van der Waals surface area contributed by atoms with Crippen molar-refractivity contribution in [3.63, 3.8) is 0 Å². The van der Waals surface area contributed by atoms with E-state index in [9.17, 15) is 9.59 Å². The van der Waals surface area contributed by atoms with Crippen LogP contribution < -0.4 is 20.3 Å². The summed E-state index contributed by atoms with van der Waals surface area (Å²) in [7, 11) is 2.10. The average molecular weight is 484 g/mol. The number of aromatic nitrogens is 2. The summed E-state index contributed by atoms with van der Waals surface area (Å²) >= 11 is 0. The van der Waals surface area contributed by atoms with Gasteiger partial charge in [0.2, 0.25) is 6.79 Å². The number of nitrogens with one attached hydrogen (secondary N) is 3. The first kappa shape index (κ1) is 26.4. The fraction of sp³-hybridized carbons (Fsp3) is 0.538. The number of aromatic amines is 1. The minimum absolute atomic E-state index is 0.212. The molecular weight excluding hydrogens is 446 g/mol. The highest BCUT2D eigenvalue weighted by Crippen LogP contribution is 2.31. The van der Waals surface area contributed by atoms with E-state index in [1.807, 2.05) is 0 Å². The van der Waals surface area contributed by atoms with E-state index < -0.39 is 0 Å². The summed E-state index contributed by atoms with van der Waals surface area (Å²) < 4.78 is 10.1. The second-order valence-electron chi connectivity index (χ2n) is 9.08. The van der Waals surface area contributed by atoms with Gasteiger partial charge in [0, 0.05) is 30.3 Å². The highest BCUT2D eigenvalue weighted by Gasteiger charge is 2.23. The number of anilines is 1. The molecule has 1 aromatic carbocycles. The quantitative estimate of drug-likeness (QED) is 0.361. The highest BCUT2D eigenvalue weighted by molar-refractivity contribution is 5.83. The lowest BCUT2D eigenvalue weighted by Crippen LogP contribution is -2.33. The Kier molecular flexibility index (Phi) is 9.84.